The second kappa shape index (κ2) is 4.63. The molecule has 0 saturated carbocycles. The van der Waals surface area contributed by atoms with Crippen LogP contribution in [0.25, 0.3) is 11.0 Å². The van der Waals surface area contributed by atoms with Crippen LogP contribution in [0, 0.1) is 20.8 Å². The largest absolute Gasteiger partial charge is 0.408 e. The van der Waals surface area contributed by atoms with Crippen LogP contribution in [-0.4, -0.2) is 9.55 Å². The lowest BCUT2D eigenvalue weighted by Crippen LogP contribution is -2.06. The van der Waals surface area contributed by atoms with Crippen LogP contribution >= 0.6 is 0 Å². The zero-order valence-electron chi connectivity index (χ0n) is 11.8. The van der Waals surface area contributed by atoms with E-state index in [1.165, 1.54) is 5.56 Å². The highest BCUT2D eigenvalue weighted by Gasteiger charge is 2.17. The molecule has 0 aliphatic carbocycles. The van der Waals surface area contributed by atoms with E-state index in [4.69, 9.17) is 4.42 Å². The highest BCUT2D eigenvalue weighted by Crippen LogP contribution is 2.22. The van der Waals surface area contributed by atoms with Crippen LogP contribution in [0.15, 0.2) is 39.5 Å². The molecular weight excluding hydrogens is 252 g/mol. The van der Waals surface area contributed by atoms with E-state index in [0.717, 1.165) is 11.3 Å². The summed E-state index contributed by atoms with van der Waals surface area (Å²) < 4.78 is 7.18. The molecule has 0 aliphatic rings. The lowest BCUT2D eigenvalue weighted by atomic mass is 10.2. The number of nitrogens with zero attached hydrogens (tertiary/aromatic N) is 2. The summed E-state index contributed by atoms with van der Waals surface area (Å²) in [5.74, 6) is 0.398. The molecular formula is C16H16N2O2. The maximum absolute atomic E-state index is 12.0. The molecule has 102 valence electrons. The fourth-order valence-electron chi connectivity index (χ4n) is 2.52. The Morgan fingerprint density at radius 1 is 1.15 bits per heavy atom. The lowest BCUT2D eigenvalue weighted by molar-refractivity contribution is 0.465. The second-order valence-electron chi connectivity index (χ2n) is 5.00. The standard InChI is InChI=1S/C16H16N2O2/c1-10-11(2)18(9-13-7-5-4-6-8-13)15-14(10)16(19)20-12(3)17-15/h4-8H,9H2,1-3H3. The number of fused-ring (bicyclic) bond motifs is 1. The van der Waals surface area contributed by atoms with Gasteiger partial charge in [-0.25, -0.2) is 4.79 Å². The molecule has 2 heterocycles. The molecule has 20 heavy (non-hydrogen) atoms. The van der Waals surface area contributed by atoms with Crippen molar-refractivity contribution in [2.75, 3.05) is 0 Å². The van der Waals surface area contributed by atoms with Gasteiger partial charge in [-0.2, -0.15) is 4.98 Å². The Balaban J connectivity index is 2.25. The van der Waals surface area contributed by atoms with Gasteiger partial charge in [-0.15, -0.1) is 0 Å². The molecule has 0 aliphatic heterocycles. The molecule has 3 rings (SSSR count). The van der Waals surface area contributed by atoms with Gasteiger partial charge in [-0.1, -0.05) is 30.3 Å². The maximum atomic E-state index is 12.0. The van der Waals surface area contributed by atoms with Gasteiger partial charge in [-0.05, 0) is 25.0 Å². The third-order valence-corrected chi connectivity index (χ3v) is 3.69. The molecule has 4 heteroatoms. The van der Waals surface area contributed by atoms with Gasteiger partial charge in [0.25, 0.3) is 0 Å². The summed E-state index contributed by atoms with van der Waals surface area (Å²) in [5, 5.41) is 0.587. The summed E-state index contributed by atoms with van der Waals surface area (Å²) in [7, 11) is 0. The Kier molecular flexibility index (Phi) is 2.93. The second-order valence-corrected chi connectivity index (χ2v) is 5.00. The van der Waals surface area contributed by atoms with E-state index in [1.807, 2.05) is 32.0 Å². The average Bonchev–Trinajstić information content (AvgIpc) is 2.65. The minimum absolute atomic E-state index is 0.306. The summed E-state index contributed by atoms with van der Waals surface area (Å²) in [6, 6.07) is 10.1. The first-order valence-electron chi connectivity index (χ1n) is 6.59. The van der Waals surface area contributed by atoms with Gasteiger partial charge in [0, 0.05) is 19.2 Å². The third kappa shape index (κ3) is 1.93. The summed E-state index contributed by atoms with van der Waals surface area (Å²) in [4.78, 5) is 16.4. The van der Waals surface area contributed by atoms with Gasteiger partial charge < -0.3 is 8.98 Å². The van der Waals surface area contributed by atoms with E-state index in [2.05, 4.69) is 21.7 Å². The van der Waals surface area contributed by atoms with Crippen molar-refractivity contribution in [2.24, 2.45) is 0 Å². The van der Waals surface area contributed by atoms with Crippen LogP contribution in [0.2, 0.25) is 0 Å². The van der Waals surface area contributed by atoms with Gasteiger partial charge in [0.2, 0.25) is 0 Å². The predicted molar refractivity (Wildman–Crippen MR) is 78.0 cm³/mol. The monoisotopic (exact) mass is 268 g/mol. The molecule has 0 fully saturated rings. The van der Waals surface area contributed by atoms with Gasteiger partial charge in [-0.3, -0.25) is 0 Å². The van der Waals surface area contributed by atoms with Crippen LogP contribution in [0.1, 0.15) is 22.7 Å². The van der Waals surface area contributed by atoms with Gasteiger partial charge in [0.05, 0.1) is 0 Å². The Morgan fingerprint density at radius 2 is 1.85 bits per heavy atom. The van der Waals surface area contributed by atoms with Gasteiger partial charge >= 0.3 is 5.63 Å². The Bertz CT molecular complexity index is 829. The molecule has 0 radical (unpaired) electrons. The molecule has 0 bridgehead atoms. The molecule has 2 aromatic heterocycles. The molecule has 1 aromatic carbocycles. The minimum atomic E-state index is -0.306. The number of hydrogen-bond donors (Lipinski definition) is 0. The SMILES string of the molecule is Cc1nc2c(c(C)c(C)n2Cc2ccccc2)c(=O)o1. The summed E-state index contributed by atoms with van der Waals surface area (Å²) in [6.07, 6.45) is 0. The Hall–Kier alpha value is -2.36. The lowest BCUT2D eigenvalue weighted by Gasteiger charge is -2.07. The molecule has 0 unspecified atom stereocenters. The highest BCUT2D eigenvalue weighted by atomic mass is 16.4. The quantitative estimate of drug-likeness (QED) is 0.718. The van der Waals surface area contributed by atoms with Gasteiger partial charge in [0.1, 0.15) is 5.39 Å². The van der Waals surface area contributed by atoms with E-state index in [9.17, 15) is 4.79 Å². The van der Waals surface area contributed by atoms with Crippen molar-refractivity contribution >= 4 is 11.0 Å². The van der Waals surface area contributed by atoms with Crippen molar-refractivity contribution in [3.8, 4) is 0 Å². The van der Waals surface area contributed by atoms with Crippen molar-refractivity contribution in [1.82, 2.24) is 9.55 Å². The Labute approximate surface area is 116 Å². The normalized spacial score (nSPS) is 11.2. The smallest absolute Gasteiger partial charge is 0.348 e. The van der Waals surface area contributed by atoms with Crippen LogP contribution in [0.5, 0.6) is 0 Å². The predicted octanol–water partition coefficient (Wildman–Crippen LogP) is 2.96. The zero-order chi connectivity index (χ0) is 14.3. The first-order chi connectivity index (χ1) is 9.58. The Morgan fingerprint density at radius 3 is 2.55 bits per heavy atom. The number of benzene rings is 1. The van der Waals surface area contributed by atoms with E-state index in [1.54, 1.807) is 6.92 Å². The molecule has 0 spiro atoms. The topological polar surface area (TPSA) is 48.0 Å². The number of aryl methyl sites for hydroxylation is 2. The highest BCUT2D eigenvalue weighted by molar-refractivity contribution is 5.80. The first kappa shape index (κ1) is 12.7. The van der Waals surface area contributed by atoms with Crippen molar-refractivity contribution < 1.29 is 4.42 Å². The third-order valence-electron chi connectivity index (χ3n) is 3.69. The zero-order valence-corrected chi connectivity index (χ0v) is 11.8. The molecule has 0 amide bonds. The first-order valence-corrected chi connectivity index (χ1v) is 6.59. The molecule has 0 saturated heterocycles. The number of hydrogen-bond acceptors (Lipinski definition) is 3. The van der Waals surface area contributed by atoms with Crippen molar-refractivity contribution in [3.05, 3.63) is 63.5 Å². The molecule has 0 N–H and O–H groups in total. The van der Waals surface area contributed by atoms with E-state index >= 15 is 0 Å². The van der Waals surface area contributed by atoms with E-state index < -0.39 is 0 Å². The van der Waals surface area contributed by atoms with E-state index in [-0.39, 0.29) is 5.63 Å². The van der Waals surface area contributed by atoms with Crippen LogP contribution in [0.3, 0.4) is 0 Å². The maximum Gasteiger partial charge on any atom is 0.348 e. The van der Waals surface area contributed by atoms with Crippen LogP contribution < -0.4 is 5.63 Å². The van der Waals surface area contributed by atoms with Crippen molar-refractivity contribution in [1.29, 1.82) is 0 Å². The minimum Gasteiger partial charge on any atom is -0.408 e. The fourth-order valence-corrected chi connectivity index (χ4v) is 2.52. The van der Waals surface area contributed by atoms with E-state index in [0.29, 0.717) is 23.5 Å². The van der Waals surface area contributed by atoms with Gasteiger partial charge in [0.15, 0.2) is 11.5 Å². The molecule has 3 aromatic rings. The number of rotatable bonds is 2. The number of aromatic nitrogens is 2. The van der Waals surface area contributed by atoms with Crippen LogP contribution in [0.4, 0.5) is 0 Å². The van der Waals surface area contributed by atoms with Crippen molar-refractivity contribution in [3.63, 3.8) is 0 Å². The summed E-state index contributed by atoms with van der Waals surface area (Å²) >= 11 is 0. The molecule has 0 atom stereocenters. The summed E-state index contributed by atoms with van der Waals surface area (Å²) in [5.41, 5.74) is 3.57. The summed E-state index contributed by atoms with van der Waals surface area (Å²) in [6.45, 7) is 6.35. The molecule has 4 nitrogen and oxygen atoms in total. The van der Waals surface area contributed by atoms with Crippen molar-refractivity contribution in [2.45, 2.75) is 27.3 Å². The van der Waals surface area contributed by atoms with Crippen LogP contribution in [-0.2, 0) is 6.54 Å². The fraction of sp³-hybridized carbons (Fsp3) is 0.250. The average molecular weight is 268 g/mol.